The summed E-state index contributed by atoms with van der Waals surface area (Å²) in [5.74, 6) is -1.27. The highest BCUT2D eigenvalue weighted by Crippen LogP contribution is 2.30. The number of fused-ring (bicyclic) bond motifs is 1. The van der Waals surface area contributed by atoms with Gasteiger partial charge >= 0.3 is 6.09 Å². The van der Waals surface area contributed by atoms with E-state index < -0.39 is 47.0 Å². The Morgan fingerprint density at radius 2 is 1.88 bits per heavy atom. The molecular formula is C24H32FN3O5. The first kappa shape index (κ1) is 24.7. The van der Waals surface area contributed by atoms with E-state index in [4.69, 9.17) is 4.74 Å². The number of Topliss-reactive ketones (excluding diaryl/α,β-unsaturated/α-hetero) is 1. The first-order valence-corrected chi connectivity index (χ1v) is 11.0. The second-order valence-electron chi connectivity index (χ2n) is 10.6. The third-order valence-corrected chi connectivity index (χ3v) is 5.55. The summed E-state index contributed by atoms with van der Waals surface area (Å²) < 4.78 is 18.9. The maximum absolute atomic E-state index is 13.6. The lowest BCUT2D eigenvalue weighted by atomic mass is 9.85. The summed E-state index contributed by atoms with van der Waals surface area (Å²) in [7, 11) is 0. The smallest absolute Gasteiger partial charge is 0.408 e. The Morgan fingerprint density at radius 1 is 1.21 bits per heavy atom. The largest absolute Gasteiger partial charge is 0.444 e. The number of alkyl carbamates (subject to hydrolysis) is 1. The zero-order valence-corrected chi connectivity index (χ0v) is 19.9. The summed E-state index contributed by atoms with van der Waals surface area (Å²) in [6.07, 6.45) is -0.0633. The number of nitrogens with one attached hydrogen (secondary N) is 2. The van der Waals surface area contributed by atoms with E-state index >= 15 is 0 Å². The number of ether oxygens (including phenoxy) is 1. The Balaban J connectivity index is 1.89. The zero-order valence-electron chi connectivity index (χ0n) is 19.9. The maximum Gasteiger partial charge on any atom is 0.408 e. The number of rotatable bonds is 4. The second kappa shape index (κ2) is 8.78. The van der Waals surface area contributed by atoms with Gasteiger partial charge in [0.15, 0.2) is 5.78 Å². The monoisotopic (exact) mass is 461 g/mol. The summed E-state index contributed by atoms with van der Waals surface area (Å²) in [4.78, 5) is 43.6. The lowest BCUT2D eigenvalue weighted by Gasteiger charge is -2.35. The van der Waals surface area contributed by atoms with Gasteiger partial charge in [-0.1, -0.05) is 20.8 Å². The molecule has 1 saturated heterocycles. The van der Waals surface area contributed by atoms with Crippen LogP contribution in [0.15, 0.2) is 24.4 Å². The number of aliphatic hydroxyl groups excluding tert-OH is 1. The van der Waals surface area contributed by atoms with E-state index in [0.29, 0.717) is 16.5 Å². The van der Waals surface area contributed by atoms with Gasteiger partial charge in [-0.25, -0.2) is 9.18 Å². The lowest BCUT2D eigenvalue weighted by Crippen LogP contribution is -2.57. The van der Waals surface area contributed by atoms with Gasteiger partial charge in [0, 0.05) is 35.6 Å². The van der Waals surface area contributed by atoms with Crippen molar-refractivity contribution in [3.63, 3.8) is 0 Å². The van der Waals surface area contributed by atoms with Gasteiger partial charge in [-0.3, -0.25) is 9.59 Å². The van der Waals surface area contributed by atoms with E-state index in [0.717, 1.165) is 0 Å². The number of carbonyl (C=O) groups is 3. The highest BCUT2D eigenvalue weighted by molar-refractivity contribution is 6.11. The first-order valence-electron chi connectivity index (χ1n) is 11.0. The molecule has 3 N–H and O–H groups in total. The highest BCUT2D eigenvalue weighted by atomic mass is 19.1. The number of H-pyrrole nitrogens is 1. The summed E-state index contributed by atoms with van der Waals surface area (Å²) in [6.45, 7) is 10.5. The molecule has 1 fully saturated rings. The van der Waals surface area contributed by atoms with Crippen LogP contribution in [0.4, 0.5) is 9.18 Å². The van der Waals surface area contributed by atoms with Crippen LogP contribution < -0.4 is 5.32 Å². The Kier molecular flexibility index (Phi) is 6.57. The van der Waals surface area contributed by atoms with Crippen LogP contribution in [0.2, 0.25) is 0 Å². The lowest BCUT2D eigenvalue weighted by molar-refractivity contribution is -0.136. The van der Waals surface area contributed by atoms with Crippen LogP contribution in [0.5, 0.6) is 0 Å². The van der Waals surface area contributed by atoms with E-state index in [2.05, 4.69) is 10.3 Å². The molecule has 3 unspecified atom stereocenters. The number of aromatic nitrogens is 1. The summed E-state index contributed by atoms with van der Waals surface area (Å²) in [5.41, 5.74) is -0.650. The van der Waals surface area contributed by atoms with Gasteiger partial charge in [0.1, 0.15) is 17.5 Å². The Bertz CT molecular complexity index is 1070. The molecule has 3 atom stereocenters. The first-order chi connectivity index (χ1) is 15.2. The molecule has 33 heavy (non-hydrogen) atoms. The van der Waals surface area contributed by atoms with E-state index in [1.807, 2.05) is 0 Å². The molecule has 0 spiro atoms. The highest BCUT2D eigenvalue weighted by Gasteiger charge is 2.45. The number of nitrogens with zero attached hydrogens (tertiary/aromatic N) is 1. The third kappa shape index (κ3) is 5.52. The number of β-amino-alcohol motifs (C(OH)–C–C–N with tert-alkyl or cyclic N) is 1. The van der Waals surface area contributed by atoms with Gasteiger partial charge < -0.3 is 25.0 Å². The van der Waals surface area contributed by atoms with Crippen LogP contribution in [0, 0.1) is 11.2 Å². The van der Waals surface area contributed by atoms with Crippen LogP contribution in [0.25, 0.3) is 10.9 Å². The van der Waals surface area contributed by atoms with Crippen LogP contribution in [0.3, 0.4) is 0 Å². The molecule has 3 rings (SSSR count). The van der Waals surface area contributed by atoms with Gasteiger partial charge in [-0.2, -0.15) is 0 Å². The SMILES string of the molecule is CC(C)(C)OC(=O)NC(C(=O)N1CC(O)CC1C(=O)c1c[nH]c2cc(F)ccc12)C(C)(C)C. The molecule has 0 saturated carbocycles. The molecule has 1 aliphatic rings. The minimum atomic E-state index is -0.981. The van der Waals surface area contributed by atoms with Crippen molar-refractivity contribution in [1.82, 2.24) is 15.2 Å². The van der Waals surface area contributed by atoms with E-state index in [1.165, 1.54) is 29.3 Å². The number of hydrogen-bond donors (Lipinski definition) is 3. The fourth-order valence-electron chi connectivity index (χ4n) is 4.03. The third-order valence-electron chi connectivity index (χ3n) is 5.55. The molecule has 180 valence electrons. The number of ketones is 1. The van der Waals surface area contributed by atoms with Crippen molar-refractivity contribution in [3.05, 3.63) is 35.8 Å². The fourth-order valence-corrected chi connectivity index (χ4v) is 4.03. The van der Waals surface area contributed by atoms with Crippen LogP contribution in [-0.2, 0) is 9.53 Å². The van der Waals surface area contributed by atoms with Crippen molar-refractivity contribution in [2.45, 2.75) is 71.8 Å². The summed E-state index contributed by atoms with van der Waals surface area (Å²) >= 11 is 0. The summed E-state index contributed by atoms with van der Waals surface area (Å²) in [6, 6.07) is 2.17. The normalized spacial score (nSPS) is 20.1. The Morgan fingerprint density at radius 3 is 2.48 bits per heavy atom. The number of aliphatic hydroxyl groups is 1. The van der Waals surface area contributed by atoms with E-state index in [9.17, 15) is 23.9 Å². The molecule has 2 heterocycles. The molecular weight excluding hydrogens is 429 g/mol. The average molecular weight is 462 g/mol. The molecule has 2 aromatic rings. The van der Waals surface area contributed by atoms with Crippen molar-refractivity contribution in [2.75, 3.05) is 6.54 Å². The van der Waals surface area contributed by atoms with Crippen molar-refractivity contribution in [3.8, 4) is 0 Å². The van der Waals surface area contributed by atoms with Gasteiger partial charge in [0.25, 0.3) is 0 Å². The number of aromatic amines is 1. The van der Waals surface area contributed by atoms with Crippen LogP contribution in [0.1, 0.15) is 58.3 Å². The number of hydrogen-bond acceptors (Lipinski definition) is 5. The molecule has 9 heteroatoms. The van der Waals surface area contributed by atoms with Crippen molar-refractivity contribution in [1.29, 1.82) is 0 Å². The molecule has 8 nitrogen and oxygen atoms in total. The standard InChI is InChI=1S/C24H32FN3O5/c1-23(2,3)20(27-22(32)33-24(4,5)6)21(31)28-12-14(29)10-18(28)19(30)16-11-26-17-9-13(25)7-8-15(16)17/h7-9,11,14,18,20,26,29H,10,12H2,1-6H3,(H,27,32). The number of carbonyl (C=O) groups excluding carboxylic acids is 3. The molecule has 2 amide bonds. The van der Waals surface area contributed by atoms with Gasteiger partial charge in [-0.15, -0.1) is 0 Å². The molecule has 0 aliphatic carbocycles. The number of halogens is 1. The zero-order chi connectivity index (χ0) is 24.7. The molecule has 0 radical (unpaired) electrons. The van der Waals surface area contributed by atoms with Gasteiger partial charge in [-0.05, 0) is 44.4 Å². The fraction of sp³-hybridized carbons (Fsp3) is 0.542. The van der Waals surface area contributed by atoms with Crippen LogP contribution >= 0.6 is 0 Å². The second-order valence-corrected chi connectivity index (χ2v) is 10.6. The Labute approximate surface area is 192 Å². The average Bonchev–Trinajstić information content (AvgIpc) is 3.26. The Hall–Kier alpha value is -2.94. The van der Waals surface area contributed by atoms with Gasteiger partial charge in [0.05, 0.1) is 12.1 Å². The van der Waals surface area contributed by atoms with Crippen molar-refractivity contribution in [2.24, 2.45) is 5.41 Å². The van der Waals surface area contributed by atoms with Crippen molar-refractivity contribution < 1.29 is 28.6 Å². The number of benzene rings is 1. The summed E-state index contributed by atoms with van der Waals surface area (Å²) in [5, 5.41) is 13.5. The predicted molar refractivity (Wildman–Crippen MR) is 121 cm³/mol. The van der Waals surface area contributed by atoms with E-state index in [1.54, 1.807) is 41.5 Å². The predicted octanol–water partition coefficient (Wildman–Crippen LogP) is 3.39. The molecule has 1 aliphatic heterocycles. The quantitative estimate of drug-likeness (QED) is 0.605. The van der Waals surface area contributed by atoms with Crippen molar-refractivity contribution >= 4 is 28.7 Å². The molecule has 0 bridgehead atoms. The molecule has 1 aromatic carbocycles. The number of likely N-dealkylation sites (tertiary alicyclic amines) is 1. The minimum absolute atomic E-state index is 0.0329. The van der Waals surface area contributed by atoms with Crippen LogP contribution in [-0.4, -0.2) is 63.1 Å². The number of amides is 2. The van der Waals surface area contributed by atoms with E-state index in [-0.39, 0.29) is 18.7 Å². The minimum Gasteiger partial charge on any atom is -0.444 e. The maximum atomic E-state index is 13.6. The van der Waals surface area contributed by atoms with Gasteiger partial charge in [0.2, 0.25) is 5.91 Å². The topological polar surface area (TPSA) is 112 Å². The molecule has 1 aromatic heterocycles.